The van der Waals surface area contributed by atoms with Crippen LogP contribution in [0.5, 0.6) is 0 Å². The van der Waals surface area contributed by atoms with Gasteiger partial charge in [0.1, 0.15) is 35.6 Å². The maximum Gasteiger partial charge on any atom is 0.338 e. The Balaban J connectivity index is 1.60. The molecule has 3 heterocycles. The fourth-order valence-electron chi connectivity index (χ4n) is 10.4. The van der Waals surface area contributed by atoms with E-state index in [0.717, 1.165) is 13.8 Å². The zero-order valence-electron chi connectivity index (χ0n) is 30.8. The summed E-state index contributed by atoms with van der Waals surface area (Å²) in [5.74, 6) is -9.01. The first-order valence-corrected chi connectivity index (χ1v) is 17.9. The molecule has 13 heteroatoms. The Labute approximate surface area is 307 Å². The summed E-state index contributed by atoms with van der Waals surface area (Å²) in [5.41, 5.74) is -7.39. The summed E-state index contributed by atoms with van der Waals surface area (Å²) in [6.07, 6.45) is -7.12. The van der Waals surface area contributed by atoms with Crippen molar-refractivity contribution >= 4 is 23.9 Å². The molecule has 6 aliphatic rings. The monoisotopic (exact) mass is 734 g/mol. The standard InChI is InChI=1S/C40H46O13/c1-20(2)37(46)31-22(4)38-28-19-21(3)30(47-23(5)41)39(28,52-34(44)26-15-11-9-12-16-26)35(49-25(7)43)36(8,45)32(48-24(6)42)29(38)33(37)51-40(50-31,53-38)27-17-13-10-14-18-27/h9-18,21-22,28-33,35,45-46H,1,19H2,2-8H3/t21-,22+,28-,29-,30-,31-,32-,33+,35+,36+,37-,38-,39+,40-/m0/s1. The molecule has 6 fully saturated rings. The minimum absolute atomic E-state index is 0.122. The Morgan fingerprint density at radius 2 is 1.34 bits per heavy atom. The molecule has 1 spiro atoms. The number of esters is 4. The number of fused-ring (bicyclic) bond motifs is 1. The van der Waals surface area contributed by atoms with Crippen LogP contribution in [0.3, 0.4) is 0 Å². The molecule has 0 amide bonds. The van der Waals surface area contributed by atoms with Crippen LogP contribution in [-0.4, -0.2) is 87.0 Å². The fraction of sp³-hybridized carbons (Fsp3) is 0.550. The third-order valence-corrected chi connectivity index (χ3v) is 12.2. The van der Waals surface area contributed by atoms with Crippen molar-refractivity contribution in [1.29, 1.82) is 0 Å². The van der Waals surface area contributed by atoms with Crippen molar-refractivity contribution in [3.8, 4) is 0 Å². The van der Waals surface area contributed by atoms with Crippen LogP contribution in [0.2, 0.25) is 0 Å². The summed E-state index contributed by atoms with van der Waals surface area (Å²) >= 11 is 0. The summed E-state index contributed by atoms with van der Waals surface area (Å²) in [6.45, 7) is 14.1. The number of carbonyl (C=O) groups excluding carboxylic acids is 4. The minimum Gasteiger partial charge on any atom is -0.459 e. The van der Waals surface area contributed by atoms with Crippen LogP contribution in [0.25, 0.3) is 0 Å². The highest BCUT2D eigenvalue weighted by atomic mass is 16.9. The zero-order valence-corrected chi connectivity index (χ0v) is 30.8. The molecule has 0 radical (unpaired) electrons. The van der Waals surface area contributed by atoms with Gasteiger partial charge in [-0.2, -0.15) is 0 Å². The first kappa shape index (κ1) is 37.2. The highest BCUT2D eigenvalue weighted by Gasteiger charge is 2.88. The van der Waals surface area contributed by atoms with Gasteiger partial charge < -0.3 is 43.4 Å². The second-order valence-corrected chi connectivity index (χ2v) is 15.5. The molecule has 8 rings (SSSR count). The van der Waals surface area contributed by atoms with Crippen LogP contribution in [0, 0.1) is 23.7 Å². The molecule has 53 heavy (non-hydrogen) atoms. The summed E-state index contributed by atoms with van der Waals surface area (Å²) in [6, 6.07) is 16.9. The topological polar surface area (TPSA) is 173 Å². The maximum atomic E-state index is 14.5. The van der Waals surface area contributed by atoms with Crippen LogP contribution in [0.15, 0.2) is 72.8 Å². The number of carbonyl (C=O) groups is 4. The largest absolute Gasteiger partial charge is 0.459 e. The molecule has 0 unspecified atom stereocenters. The van der Waals surface area contributed by atoms with Gasteiger partial charge in [-0.15, -0.1) is 0 Å². The maximum absolute atomic E-state index is 14.5. The van der Waals surface area contributed by atoms with E-state index in [-0.39, 0.29) is 17.6 Å². The molecule has 284 valence electrons. The van der Waals surface area contributed by atoms with Gasteiger partial charge in [-0.05, 0) is 43.9 Å². The highest BCUT2D eigenvalue weighted by molar-refractivity contribution is 5.90. The van der Waals surface area contributed by atoms with E-state index in [0.29, 0.717) is 5.56 Å². The van der Waals surface area contributed by atoms with Crippen molar-refractivity contribution in [2.75, 3.05) is 0 Å². The molecule has 13 nitrogen and oxygen atoms in total. The van der Waals surface area contributed by atoms with Crippen molar-refractivity contribution in [3.63, 3.8) is 0 Å². The molecule has 14 atom stereocenters. The summed E-state index contributed by atoms with van der Waals surface area (Å²) < 4.78 is 45.7. The Bertz CT molecular complexity index is 1830. The number of benzene rings is 2. The molecule has 3 saturated carbocycles. The van der Waals surface area contributed by atoms with Gasteiger partial charge in [0.2, 0.25) is 0 Å². The normalized spacial score (nSPS) is 43.5. The van der Waals surface area contributed by atoms with Gasteiger partial charge in [-0.25, -0.2) is 4.79 Å². The molecule has 3 aliphatic carbocycles. The van der Waals surface area contributed by atoms with Crippen LogP contribution in [0.4, 0.5) is 0 Å². The van der Waals surface area contributed by atoms with E-state index in [1.54, 1.807) is 69.3 Å². The average molecular weight is 735 g/mol. The van der Waals surface area contributed by atoms with Crippen molar-refractivity contribution < 1.29 is 62.5 Å². The van der Waals surface area contributed by atoms with E-state index in [4.69, 9.17) is 33.2 Å². The lowest BCUT2D eigenvalue weighted by atomic mass is 9.51. The van der Waals surface area contributed by atoms with Crippen molar-refractivity contribution in [3.05, 3.63) is 83.9 Å². The van der Waals surface area contributed by atoms with E-state index >= 15 is 0 Å². The summed E-state index contributed by atoms with van der Waals surface area (Å²) in [5, 5.41) is 25.9. The second-order valence-electron chi connectivity index (χ2n) is 15.5. The zero-order chi connectivity index (χ0) is 38.5. The molecule has 4 bridgehead atoms. The molecule has 2 aromatic carbocycles. The van der Waals surface area contributed by atoms with Gasteiger partial charge in [0.15, 0.2) is 11.7 Å². The first-order chi connectivity index (χ1) is 24.9. The van der Waals surface area contributed by atoms with Gasteiger partial charge in [0.25, 0.3) is 0 Å². The molecule has 2 N–H and O–H groups in total. The van der Waals surface area contributed by atoms with Crippen LogP contribution < -0.4 is 0 Å². The Morgan fingerprint density at radius 3 is 1.91 bits per heavy atom. The quantitative estimate of drug-likeness (QED) is 0.240. The minimum atomic E-state index is -2.43. The van der Waals surface area contributed by atoms with E-state index in [1.807, 2.05) is 0 Å². The predicted molar refractivity (Wildman–Crippen MR) is 183 cm³/mol. The lowest BCUT2D eigenvalue weighted by Crippen LogP contribution is -2.86. The number of hydrogen-bond donors (Lipinski definition) is 2. The Morgan fingerprint density at radius 1 is 0.792 bits per heavy atom. The van der Waals surface area contributed by atoms with Crippen LogP contribution in [-0.2, 0) is 53.5 Å². The van der Waals surface area contributed by atoms with Gasteiger partial charge in [-0.1, -0.05) is 69.0 Å². The average Bonchev–Trinajstić information content (AvgIpc) is 3.35. The van der Waals surface area contributed by atoms with E-state index in [2.05, 4.69) is 6.58 Å². The third kappa shape index (κ3) is 5.07. The van der Waals surface area contributed by atoms with Gasteiger partial charge >= 0.3 is 29.9 Å². The highest BCUT2D eigenvalue weighted by Crippen LogP contribution is 2.72. The summed E-state index contributed by atoms with van der Waals surface area (Å²) in [4.78, 5) is 53.8. The smallest absolute Gasteiger partial charge is 0.338 e. The molecule has 0 aromatic heterocycles. The van der Waals surface area contributed by atoms with Crippen molar-refractivity contribution in [1.82, 2.24) is 0 Å². The molecular formula is C40H46O13. The first-order valence-electron chi connectivity index (χ1n) is 17.9. The van der Waals surface area contributed by atoms with Crippen LogP contribution in [0.1, 0.15) is 70.8 Å². The van der Waals surface area contributed by atoms with Crippen LogP contribution >= 0.6 is 0 Å². The SMILES string of the molecule is C=C(C)[C@@]1(O)[C@@H]2O[C@]3(c4ccccc4)O[C@H]1[C@@H](C)[C@@]1(O3)[C@H]2[C@H](OC(C)=O)[C@@](C)(O)[C@@H](OC(C)=O)[C@@]2(OC(=O)c3ccccc3)[C@H]1C[C@H](C)[C@@H]2OC(C)=O. The fourth-order valence-corrected chi connectivity index (χ4v) is 10.4. The third-order valence-electron chi connectivity index (χ3n) is 12.2. The van der Waals surface area contributed by atoms with E-state index < -0.39 is 106 Å². The predicted octanol–water partition coefficient (Wildman–Crippen LogP) is 3.73. The molecule has 2 aromatic rings. The van der Waals surface area contributed by atoms with E-state index in [9.17, 15) is 29.4 Å². The number of rotatable bonds is 7. The number of aliphatic hydroxyl groups is 2. The molecular weight excluding hydrogens is 688 g/mol. The van der Waals surface area contributed by atoms with E-state index in [1.165, 1.54) is 26.0 Å². The second kappa shape index (κ2) is 12.5. The number of hydrogen-bond acceptors (Lipinski definition) is 13. The van der Waals surface area contributed by atoms with Crippen molar-refractivity contribution in [2.45, 2.75) is 114 Å². The lowest BCUT2D eigenvalue weighted by molar-refractivity contribution is -0.586. The lowest BCUT2D eigenvalue weighted by Gasteiger charge is -2.73. The van der Waals surface area contributed by atoms with Crippen molar-refractivity contribution in [2.24, 2.45) is 23.7 Å². The Hall–Kier alpha value is -4.14. The Kier molecular flexibility index (Phi) is 8.74. The van der Waals surface area contributed by atoms with Gasteiger partial charge in [0.05, 0.1) is 17.1 Å². The summed E-state index contributed by atoms with van der Waals surface area (Å²) in [7, 11) is 0. The number of ether oxygens (including phenoxy) is 7. The molecule has 3 aliphatic heterocycles. The van der Waals surface area contributed by atoms with Gasteiger partial charge in [-0.3, -0.25) is 14.4 Å². The molecule has 3 saturated heterocycles. The van der Waals surface area contributed by atoms with Gasteiger partial charge in [0, 0.05) is 38.2 Å².